The van der Waals surface area contributed by atoms with E-state index in [1.165, 1.54) is 77.0 Å². The summed E-state index contributed by atoms with van der Waals surface area (Å²) in [6.45, 7) is 7.34. The molecule has 2 N–H and O–H groups in total. The zero-order valence-corrected chi connectivity index (χ0v) is 16.7. The second-order valence-electron chi connectivity index (χ2n) is 7.18. The fourth-order valence-electron chi connectivity index (χ4n) is 2.88. The van der Waals surface area contributed by atoms with Crippen molar-refractivity contribution in [1.82, 2.24) is 5.32 Å². The fourth-order valence-corrected chi connectivity index (χ4v) is 2.88. The zero-order valence-electron chi connectivity index (χ0n) is 16.7. The molecule has 24 heavy (non-hydrogen) atoms. The molecular weight excluding hydrogens is 298 g/mol. The summed E-state index contributed by atoms with van der Waals surface area (Å²) in [4.78, 5) is 0. The van der Waals surface area contributed by atoms with E-state index in [2.05, 4.69) is 19.2 Å². The Kier molecular flexibility index (Phi) is 20.8. The number of ether oxygens (including phenoxy) is 1. The van der Waals surface area contributed by atoms with Crippen LogP contribution in [-0.4, -0.2) is 37.5 Å². The van der Waals surface area contributed by atoms with Gasteiger partial charge in [-0.25, -0.2) is 0 Å². The molecule has 0 aliphatic heterocycles. The van der Waals surface area contributed by atoms with E-state index in [-0.39, 0.29) is 6.10 Å². The summed E-state index contributed by atoms with van der Waals surface area (Å²) in [5.41, 5.74) is 0. The van der Waals surface area contributed by atoms with Gasteiger partial charge >= 0.3 is 0 Å². The maximum absolute atomic E-state index is 9.75. The largest absolute Gasteiger partial charge is 0.389 e. The van der Waals surface area contributed by atoms with Crippen molar-refractivity contribution >= 4 is 0 Å². The smallest absolute Gasteiger partial charge is 0.0897 e. The summed E-state index contributed by atoms with van der Waals surface area (Å²) >= 11 is 0. The van der Waals surface area contributed by atoms with Crippen LogP contribution in [0.5, 0.6) is 0 Å². The predicted octanol–water partition coefficient (Wildman–Crippen LogP) is 5.45. The third-order valence-electron chi connectivity index (χ3n) is 4.54. The number of nitrogens with one attached hydrogen (secondary N) is 1. The molecule has 0 aromatic carbocycles. The maximum atomic E-state index is 9.75. The molecule has 0 rings (SSSR count). The second kappa shape index (κ2) is 20.9. The van der Waals surface area contributed by atoms with E-state index in [1.807, 2.05) is 0 Å². The molecule has 0 spiro atoms. The van der Waals surface area contributed by atoms with E-state index in [4.69, 9.17) is 4.74 Å². The molecule has 0 aromatic rings. The van der Waals surface area contributed by atoms with Gasteiger partial charge in [-0.3, -0.25) is 0 Å². The summed E-state index contributed by atoms with van der Waals surface area (Å²) in [5, 5.41) is 13.1. The first kappa shape index (κ1) is 23.9. The molecule has 0 heterocycles. The molecule has 0 saturated carbocycles. The quantitative estimate of drug-likeness (QED) is 0.289. The molecule has 0 aromatic heterocycles. The molecule has 1 unspecified atom stereocenters. The van der Waals surface area contributed by atoms with Gasteiger partial charge in [-0.1, -0.05) is 90.9 Å². The lowest BCUT2D eigenvalue weighted by Gasteiger charge is -2.12. The Morgan fingerprint density at radius 1 is 0.708 bits per heavy atom. The van der Waals surface area contributed by atoms with Gasteiger partial charge in [0.25, 0.3) is 0 Å². The molecule has 0 saturated heterocycles. The first-order valence-corrected chi connectivity index (χ1v) is 10.8. The Hall–Kier alpha value is -0.120. The highest BCUT2D eigenvalue weighted by atomic mass is 16.5. The number of rotatable bonds is 20. The molecule has 3 heteroatoms. The highest BCUT2D eigenvalue weighted by Gasteiger charge is 2.02. The van der Waals surface area contributed by atoms with Crippen LogP contribution in [-0.2, 0) is 4.74 Å². The van der Waals surface area contributed by atoms with Crippen molar-refractivity contribution in [3.63, 3.8) is 0 Å². The van der Waals surface area contributed by atoms with Crippen LogP contribution in [0.4, 0.5) is 0 Å². The fraction of sp³-hybridized carbons (Fsp3) is 1.00. The summed E-state index contributed by atoms with van der Waals surface area (Å²) in [7, 11) is 0. The van der Waals surface area contributed by atoms with Crippen molar-refractivity contribution in [2.75, 3.05) is 26.3 Å². The lowest BCUT2D eigenvalue weighted by molar-refractivity contribution is 0.0360. The number of aliphatic hydroxyl groups excluding tert-OH is 1. The predicted molar refractivity (Wildman–Crippen MR) is 106 cm³/mol. The van der Waals surface area contributed by atoms with Crippen molar-refractivity contribution < 1.29 is 9.84 Å². The van der Waals surface area contributed by atoms with Gasteiger partial charge in [0, 0.05) is 13.2 Å². The topological polar surface area (TPSA) is 41.5 Å². The molecule has 0 aliphatic rings. The Labute approximate surface area is 151 Å². The molecule has 3 nitrogen and oxygen atoms in total. The van der Waals surface area contributed by atoms with Crippen LogP contribution in [0.2, 0.25) is 0 Å². The van der Waals surface area contributed by atoms with E-state index in [1.54, 1.807) is 0 Å². The van der Waals surface area contributed by atoms with Gasteiger partial charge in [-0.2, -0.15) is 0 Å². The first-order chi connectivity index (χ1) is 11.8. The number of hydrogen-bond donors (Lipinski definition) is 2. The molecule has 0 fully saturated rings. The average Bonchev–Trinajstić information content (AvgIpc) is 2.59. The molecule has 0 radical (unpaired) electrons. The Bertz CT molecular complexity index is 224. The van der Waals surface area contributed by atoms with Crippen molar-refractivity contribution in [3.05, 3.63) is 0 Å². The Balaban J connectivity index is 3.06. The van der Waals surface area contributed by atoms with Gasteiger partial charge < -0.3 is 15.2 Å². The monoisotopic (exact) mass is 343 g/mol. The van der Waals surface area contributed by atoms with Crippen molar-refractivity contribution in [3.8, 4) is 0 Å². The molecular formula is C21H45NO2. The number of aliphatic hydroxyl groups is 1. The Morgan fingerprint density at radius 3 is 1.75 bits per heavy atom. The number of unbranched alkanes of at least 4 members (excludes halogenated alkanes) is 12. The molecule has 146 valence electrons. The van der Waals surface area contributed by atoms with Crippen LogP contribution < -0.4 is 5.32 Å². The highest BCUT2D eigenvalue weighted by molar-refractivity contribution is 4.58. The summed E-state index contributed by atoms with van der Waals surface area (Å²) < 4.78 is 5.42. The minimum absolute atomic E-state index is 0.362. The maximum Gasteiger partial charge on any atom is 0.0897 e. The van der Waals surface area contributed by atoms with Gasteiger partial charge in [-0.05, 0) is 19.4 Å². The highest BCUT2D eigenvalue weighted by Crippen LogP contribution is 2.11. The van der Waals surface area contributed by atoms with Gasteiger partial charge in [0.05, 0.1) is 12.7 Å². The molecule has 0 amide bonds. The third kappa shape index (κ3) is 19.9. The van der Waals surface area contributed by atoms with E-state index in [9.17, 15) is 5.11 Å². The SMILES string of the molecule is CCCCCCCCCCCCCCNCC(O)COCCCC. The van der Waals surface area contributed by atoms with E-state index < -0.39 is 0 Å². The average molecular weight is 344 g/mol. The zero-order chi connectivity index (χ0) is 17.7. The summed E-state index contributed by atoms with van der Waals surface area (Å²) in [6, 6.07) is 0. The third-order valence-corrected chi connectivity index (χ3v) is 4.54. The summed E-state index contributed by atoms with van der Waals surface area (Å²) in [6.07, 6.45) is 18.5. The van der Waals surface area contributed by atoms with Crippen molar-refractivity contribution in [1.29, 1.82) is 0 Å². The van der Waals surface area contributed by atoms with Crippen molar-refractivity contribution in [2.45, 2.75) is 110 Å². The van der Waals surface area contributed by atoms with E-state index >= 15 is 0 Å². The standard InChI is InChI=1S/C21H45NO2/c1-3-5-7-8-9-10-11-12-13-14-15-16-17-22-19-21(23)20-24-18-6-4-2/h21-23H,3-20H2,1-2H3. The number of hydrogen-bond acceptors (Lipinski definition) is 3. The van der Waals surface area contributed by atoms with Gasteiger partial charge in [0.1, 0.15) is 0 Å². The van der Waals surface area contributed by atoms with Crippen LogP contribution in [0.25, 0.3) is 0 Å². The van der Waals surface area contributed by atoms with Gasteiger partial charge in [-0.15, -0.1) is 0 Å². The van der Waals surface area contributed by atoms with Crippen LogP contribution in [0, 0.1) is 0 Å². The van der Waals surface area contributed by atoms with Crippen LogP contribution in [0.3, 0.4) is 0 Å². The summed E-state index contributed by atoms with van der Waals surface area (Å²) in [5.74, 6) is 0. The van der Waals surface area contributed by atoms with Gasteiger partial charge in [0.2, 0.25) is 0 Å². The second-order valence-corrected chi connectivity index (χ2v) is 7.18. The van der Waals surface area contributed by atoms with Crippen LogP contribution in [0.15, 0.2) is 0 Å². The minimum Gasteiger partial charge on any atom is -0.389 e. The lowest BCUT2D eigenvalue weighted by atomic mass is 10.1. The lowest BCUT2D eigenvalue weighted by Crippen LogP contribution is -2.31. The molecule has 0 aliphatic carbocycles. The van der Waals surface area contributed by atoms with E-state index in [0.717, 1.165) is 26.0 Å². The molecule has 0 bridgehead atoms. The minimum atomic E-state index is -0.362. The Morgan fingerprint density at radius 2 is 1.21 bits per heavy atom. The van der Waals surface area contributed by atoms with E-state index in [0.29, 0.717) is 13.2 Å². The normalized spacial score (nSPS) is 12.6. The van der Waals surface area contributed by atoms with Gasteiger partial charge in [0.15, 0.2) is 0 Å². The molecule has 1 atom stereocenters. The van der Waals surface area contributed by atoms with Crippen LogP contribution in [0.1, 0.15) is 104 Å². The van der Waals surface area contributed by atoms with Crippen molar-refractivity contribution in [2.24, 2.45) is 0 Å². The van der Waals surface area contributed by atoms with Crippen LogP contribution >= 0.6 is 0 Å². The first-order valence-electron chi connectivity index (χ1n) is 10.8.